The van der Waals surface area contributed by atoms with E-state index in [9.17, 15) is 5.11 Å². The van der Waals surface area contributed by atoms with Crippen molar-refractivity contribution in [2.75, 3.05) is 33.3 Å². The maximum absolute atomic E-state index is 9.53. The fraction of sp³-hybridized carbons (Fsp3) is 0.696. The summed E-state index contributed by atoms with van der Waals surface area (Å²) in [5, 5.41) is 16.5. The SMILES string of the molecule is CCNC(=NCc1cccc(CN(C)CC)c1)NCC1(CCO)CCCCC1. The number of guanidine groups is 1. The Morgan fingerprint density at radius 3 is 2.57 bits per heavy atom. The molecule has 0 bridgehead atoms. The van der Waals surface area contributed by atoms with Crippen LogP contribution in [0.1, 0.15) is 63.5 Å². The van der Waals surface area contributed by atoms with Crippen molar-refractivity contribution >= 4 is 5.96 Å². The molecule has 0 radical (unpaired) electrons. The summed E-state index contributed by atoms with van der Waals surface area (Å²) in [5.74, 6) is 0.876. The number of nitrogens with zero attached hydrogens (tertiary/aromatic N) is 2. The molecular weight excluding hydrogens is 348 g/mol. The van der Waals surface area contributed by atoms with Gasteiger partial charge in [0, 0.05) is 26.2 Å². The van der Waals surface area contributed by atoms with Crippen LogP contribution >= 0.6 is 0 Å². The lowest BCUT2D eigenvalue weighted by Gasteiger charge is -2.37. The zero-order valence-electron chi connectivity index (χ0n) is 18.1. The Morgan fingerprint density at radius 1 is 1.14 bits per heavy atom. The zero-order chi connectivity index (χ0) is 20.2. The molecule has 0 aromatic heterocycles. The molecule has 0 aliphatic heterocycles. The normalized spacial score (nSPS) is 17.0. The van der Waals surface area contributed by atoms with E-state index in [1.165, 1.54) is 43.2 Å². The first-order valence-corrected chi connectivity index (χ1v) is 11.0. The number of hydrogen-bond acceptors (Lipinski definition) is 3. The first kappa shape index (κ1) is 22.7. The number of hydrogen-bond donors (Lipinski definition) is 3. The minimum absolute atomic E-state index is 0.216. The van der Waals surface area contributed by atoms with Gasteiger partial charge in [0.1, 0.15) is 0 Å². The maximum atomic E-state index is 9.53. The molecule has 0 amide bonds. The van der Waals surface area contributed by atoms with Crippen molar-refractivity contribution < 1.29 is 5.11 Å². The second-order valence-corrected chi connectivity index (χ2v) is 8.23. The number of aliphatic hydroxyl groups excluding tert-OH is 1. The molecule has 1 aromatic rings. The summed E-state index contributed by atoms with van der Waals surface area (Å²) in [6.45, 7) is 8.98. The average Bonchev–Trinajstić information content (AvgIpc) is 2.71. The summed E-state index contributed by atoms with van der Waals surface area (Å²) in [7, 11) is 2.14. The number of benzene rings is 1. The largest absolute Gasteiger partial charge is 0.396 e. The van der Waals surface area contributed by atoms with E-state index in [1.54, 1.807) is 0 Å². The second kappa shape index (κ2) is 12.1. The Balaban J connectivity index is 1.98. The third kappa shape index (κ3) is 7.44. The Labute approximate surface area is 171 Å². The third-order valence-corrected chi connectivity index (χ3v) is 5.93. The average molecular weight is 389 g/mol. The van der Waals surface area contributed by atoms with Gasteiger partial charge in [0.15, 0.2) is 5.96 Å². The molecule has 28 heavy (non-hydrogen) atoms. The maximum Gasteiger partial charge on any atom is 0.191 e. The molecule has 0 heterocycles. The predicted molar refractivity (Wildman–Crippen MR) is 118 cm³/mol. The first-order chi connectivity index (χ1) is 13.6. The van der Waals surface area contributed by atoms with E-state index in [0.717, 1.165) is 38.6 Å². The van der Waals surface area contributed by atoms with Crippen LogP contribution in [0.15, 0.2) is 29.3 Å². The van der Waals surface area contributed by atoms with Crippen LogP contribution in [-0.2, 0) is 13.1 Å². The highest BCUT2D eigenvalue weighted by molar-refractivity contribution is 5.79. The quantitative estimate of drug-likeness (QED) is 0.424. The molecule has 0 atom stereocenters. The van der Waals surface area contributed by atoms with Gasteiger partial charge in [-0.1, -0.05) is 50.5 Å². The molecule has 2 rings (SSSR count). The lowest BCUT2D eigenvalue weighted by atomic mass is 9.72. The van der Waals surface area contributed by atoms with E-state index in [0.29, 0.717) is 6.54 Å². The summed E-state index contributed by atoms with van der Waals surface area (Å²) in [5.41, 5.74) is 2.79. The van der Waals surface area contributed by atoms with E-state index >= 15 is 0 Å². The van der Waals surface area contributed by atoms with Crippen LogP contribution in [0.3, 0.4) is 0 Å². The molecule has 1 aliphatic rings. The van der Waals surface area contributed by atoms with Gasteiger partial charge >= 0.3 is 0 Å². The van der Waals surface area contributed by atoms with Crippen LogP contribution in [0.2, 0.25) is 0 Å². The van der Waals surface area contributed by atoms with Crippen LogP contribution in [-0.4, -0.2) is 49.3 Å². The van der Waals surface area contributed by atoms with Crippen LogP contribution in [0.5, 0.6) is 0 Å². The molecule has 5 heteroatoms. The smallest absolute Gasteiger partial charge is 0.191 e. The summed E-state index contributed by atoms with van der Waals surface area (Å²) >= 11 is 0. The molecule has 1 aliphatic carbocycles. The molecule has 1 fully saturated rings. The van der Waals surface area contributed by atoms with Crippen LogP contribution in [0.4, 0.5) is 0 Å². The first-order valence-electron chi connectivity index (χ1n) is 11.0. The van der Waals surface area contributed by atoms with Gasteiger partial charge < -0.3 is 20.6 Å². The summed E-state index contributed by atoms with van der Waals surface area (Å²) in [4.78, 5) is 7.12. The van der Waals surface area contributed by atoms with E-state index in [4.69, 9.17) is 4.99 Å². The molecule has 3 N–H and O–H groups in total. The molecule has 1 aromatic carbocycles. The van der Waals surface area contributed by atoms with Crippen molar-refractivity contribution in [2.45, 2.75) is 65.5 Å². The van der Waals surface area contributed by atoms with E-state index < -0.39 is 0 Å². The fourth-order valence-electron chi connectivity index (χ4n) is 4.09. The minimum atomic E-state index is 0.216. The van der Waals surface area contributed by atoms with Crippen molar-refractivity contribution in [3.63, 3.8) is 0 Å². The van der Waals surface area contributed by atoms with Gasteiger partial charge in [-0.3, -0.25) is 0 Å². The number of aliphatic imine (C=N–C) groups is 1. The van der Waals surface area contributed by atoms with Gasteiger partial charge in [0.2, 0.25) is 0 Å². The number of nitrogens with one attached hydrogen (secondary N) is 2. The Kier molecular flexibility index (Phi) is 9.79. The standard InChI is InChI=1S/C23H40N4O/c1-4-24-22(26-19-23(14-15-28)12-7-6-8-13-23)25-17-20-10-9-11-21(16-20)18-27(3)5-2/h9-11,16,28H,4-8,12-15,17-19H2,1-3H3,(H2,24,25,26). The monoisotopic (exact) mass is 388 g/mol. The summed E-state index contributed by atoms with van der Waals surface area (Å²) in [6, 6.07) is 8.72. The fourth-order valence-corrected chi connectivity index (χ4v) is 4.09. The number of rotatable bonds is 10. The van der Waals surface area contributed by atoms with Gasteiger partial charge in [0.05, 0.1) is 6.54 Å². The molecule has 5 nitrogen and oxygen atoms in total. The van der Waals surface area contributed by atoms with E-state index in [-0.39, 0.29) is 12.0 Å². The molecule has 158 valence electrons. The highest BCUT2D eigenvalue weighted by Crippen LogP contribution is 2.38. The molecule has 1 saturated carbocycles. The second-order valence-electron chi connectivity index (χ2n) is 8.23. The molecule has 0 spiro atoms. The lowest BCUT2D eigenvalue weighted by Crippen LogP contribution is -2.44. The Bertz CT molecular complexity index is 591. The van der Waals surface area contributed by atoms with E-state index in [1.807, 2.05) is 0 Å². The minimum Gasteiger partial charge on any atom is -0.396 e. The summed E-state index contributed by atoms with van der Waals surface area (Å²) in [6.07, 6.45) is 7.15. The van der Waals surface area contributed by atoms with Crippen molar-refractivity contribution in [1.29, 1.82) is 0 Å². The highest BCUT2D eigenvalue weighted by Gasteiger charge is 2.31. The van der Waals surface area contributed by atoms with Crippen LogP contribution < -0.4 is 10.6 Å². The van der Waals surface area contributed by atoms with Crippen molar-refractivity contribution in [3.05, 3.63) is 35.4 Å². The lowest BCUT2D eigenvalue weighted by molar-refractivity contribution is 0.131. The van der Waals surface area contributed by atoms with E-state index in [2.05, 4.69) is 60.7 Å². The van der Waals surface area contributed by atoms with Gasteiger partial charge in [0.25, 0.3) is 0 Å². The zero-order valence-corrected chi connectivity index (χ0v) is 18.1. The van der Waals surface area contributed by atoms with Gasteiger partial charge in [-0.05, 0) is 56.3 Å². The topological polar surface area (TPSA) is 59.9 Å². The van der Waals surface area contributed by atoms with Crippen molar-refractivity contribution in [1.82, 2.24) is 15.5 Å². The molecule has 0 saturated heterocycles. The predicted octanol–water partition coefficient (Wildman–Crippen LogP) is 3.53. The van der Waals surface area contributed by atoms with Crippen LogP contribution in [0, 0.1) is 5.41 Å². The highest BCUT2D eigenvalue weighted by atomic mass is 16.3. The van der Waals surface area contributed by atoms with Gasteiger partial charge in [-0.25, -0.2) is 4.99 Å². The van der Waals surface area contributed by atoms with Crippen molar-refractivity contribution in [2.24, 2.45) is 10.4 Å². The van der Waals surface area contributed by atoms with Gasteiger partial charge in [-0.2, -0.15) is 0 Å². The molecule has 0 unspecified atom stereocenters. The van der Waals surface area contributed by atoms with Gasteiger partial charge in [-0.15, -0.1) is 0 Å². The number of aliphatic hydroxyl groups is 1. The van der Waals surface area contributed by atoms with Crippen LogP contribution in [0.25, 0.3) is 0 Å². The summed E-state index contributed by atoms with van der Waals surface area (Å²) < 4.78 is 0. The Morgan fingerprint density at radius 2 is 1.89 bits per heavy atom. The molecular formula is C23H40N4O. The third-order valence-electron chi connectivity index (χ3n) is 5.93. The Hall–Kier alpha value is -1.59. The van der Waals surface area contributed by atoms with Crippen molar-refractivity contribution in [3.8, 4) is 0 Å².